The summed E-state index contributed by atoms with van der Waals surface area (Å²) in [5.41, 5.74) is 1.44. The van der Waals surface area contributed by atoms with Crippen molar-refractivity contribution in [3.63, 3.8) is 0 Å². The van der Waals surface area contributed by atoms with Crippen molar-refractivity contribution in [1.29, 1.82) is 0 Å². The number of aromatic nitrogens is 1. The summed E-state index contributed by atoms with van der Waals surface area (Å²) in [6, 6.07) is 3.65. The molecule has 1 aliphatic heterocycles. The lowest BCUT2D eigenvalue weighted by Crippen LogP contribution is -2.38. The zero-order valence-electron chi connectivity index (χ0n) is 11.3. The highest BCUT2D eigenvalue weighted by Crippen LogP contribution is 2.11. The van der Waals surface area contributed by atoms with Gasteiger partial charge in [-0.3, -0.25) is 14.6 Å². The SMILES string of the molecule is CCC(=O)N1CCC(NC(=O)c2cc(C)ccn2)C1. The van der Waals surface area contributed by atoms with Gasteiger partial charge >= 0.3 is 0 Å². The summed E-state index contributed by atoms with van der Waals surface area (Å²) in [5, 5.41) is 2.94. The number of likely N-dealkylation sites (tertiary alicyclic amines) is 1. The van der Waals surface area contributed by atoms with Crippen LogP contribution in [0.1, 0.15) is 35.8 Å². The molecule has 0 spiro atoms. The maximum atomic E-state index is 12.0. The second kappa shape index (κ2) is 5.82. The predicted molar refractivity (Wildman–Crippen MR) is 71.7 cm³/mol. The number of pyridine rings is 1. The number of carbonyl (C=O) groups excluding carboxylic acids is 2. The van der Waals surface area contributed by atoms with E-state index in [1.54, 1.807) is 17.2 Å². The van der Waals surface area contributed by atoms with Crippen LogP contribution >= 0.6 is 0 Å². The number of aryl methyl sites for hydroxylation is 1. The summed E-state index contributed by atoms with van der Waals surface area (Å²) in [7, 11) is 0. The van der Waals surface area contributed by atoms with Crippen LogP contribution in [0.25, 0.3) is 0 Å². The molecule has 5 nitrogen and oxygen atoms in total. The Hall–Kier alpha value is -1.91. The number of rotatable bonds is 3. The summed E-state index contributed by atoms with van der Waals surface area (Å²) >= 11 is 0. The van der Waals surface area contributed by atoms with Crippen LogP contribution in [0.5, 0.6) is 0 Å². The molecule has 0 aromatic carbocycles. The lowest BCUT2D eigenvalue weighted by Gasteiger charge is -2.16. The van der Waals surface area contributed by atoms with Gasteiger partial charge in [-0.15, -0.1) is 0 Å². The number of nitrogens with zero attached hydrogens (tertiary/aromatic N) is 2. The summed E-state index contributed by atoms with van der Waals surface area (Å²) in [6.07, 6.45) is 2.95. The minimum atomic E-state index is -0.167. The van der Waals surface area contributed by atoms with Crippen LogP contribution in [0.2, 0.25) is 0 Å². The number of carbonyl (C=O) groups is 2. The van der Waals surface area contributed by atoms with Crippen LogP contribution in [0, 0.1) is 6.92 Å². The highest BCUT2D eigenvalue weighted by atomic mass is 16.2. The van der Waals surface area contributed by atoms with Crippen LogP contribution in [0.4, 0.5) is 0 Å². The van der Waals surface area contributed by atoms with Crippen LogP contribution in [-0.2, 0) is 4.79 Å². The van der Waals surface area contributed by atoms with Gasteiger partial charge in [0, 0.05) is 31.7 Å². The maximum Gasteiger partial charge on any atom is 0.270 e. The molecular formula is C14H19N3O2. The van der Waals surface area contributed by atoms with Crippen molar-refractivity contribution in [2.75, 3.05) is 13.1 Å². The van der Waals surface area contributed by atoms with E-state index in [1.807, 2.05) is 19.9 Å². The molecule has 1 saturated heterocycles. The molecule has 2 heterocycles. The van der Waals surface area contributed by atoms with Crippen LogP contribution in [0.15, 0.2) is 18.3 Å². The Bertz CT molecular complexity index is 487. The first-order valence-corrected chi connectivity index (χ1v) is 6.61. The van der Waals surface area contributed by atoms with E-state index in [9.17, 15) is 9.59 Å². The topological polar surface area (TPSA) is 62.3 Å². The Kier molecular flexibility index (Phi) is 4.14. The molecular weight excluding hydrogens is 242 g/mol. The molecule has 1 aromatic rings. The Labute approximate surface area is 113 Å². The van der Waals surface area contributed by atoms with E-state index in [0.29, 0.717) is 18.7 Å². The van der Waals surface area contributed by atoms with Crippen molar-refractivity contribution < 1.29 is 9.59 Å². The third kappa shape index (κ3) is 3.30. The first kappa shape index (κ1) is 13.5. The molecule has 1 aromatic heterocycles. The van der Waals surface area contributed by atoms with E-state index in [0.717, 1.165) is 18.5 Å². The zero-order chi connectivity index (χ0) is 13.8. The molecule has 1 aliphatic rings. The number of nitrogens with one attached hydrogen (secondary N) is 1. The monoisotopic (exact) mass is 261 g/mol. The molecule has 0 saturated carbocycles. The molecule has 1 atom stereocenters. The molecule has 1 unspecified atom stereocenters. The van der Waals surface area contributed by atoms with Gasteiger partial charge in [0.2, 0.25) is 5.91 Å². The molecule has 102 valence electrons. The van der Waals surface area contributed by atoms with Crippen LogP contribution in [0.3, 0.4) is 0 Å². The van der Waals surface area contributed by atoms with Crippen LogP contribution in [-0.4, -0.2) is 40.8 Å². The summed E-state index contributed by atoms with van der Waals surface area (Å²) < 4.78 is 0. The van der Waals surface area contributed by atoms with E-state index < -0.39 is 0 Å². The third-order valence-electron chi connectivity index (χ3n) is 3.33. The van der Waals surface area contributed by atoms with Gasteiger partial charge in [0.1, 0.15) is 5.69 Å². The average molecular weight is 261 g/mol. The maximum absolute atomic E-state index is 12.0. The Morgan fingerprint density at radius 1 is 1.53 bits per heavy atom. The molecule has 5 heteroatoms. The fourth-order valence-corrected chi connectivity index (χ4v) is 2.25. The second-order valence-electron chi connectivity index (χ2n) is 4.87. The van der Waals surface area contributed by atoms with E-state index in [2.05, 4.69) is 10.3 Å². The number of amides is 2. The van der Waals surface area contributed by atoms with E-state index in [1.165, 1.54) is 0 Å². The molecule has 0 radical (unpaired) electrons. The Morgan fingerprint density at radius 3 is 3.00 bits per heavy atom. The van der Waals surface area contributed by atoms with Gasteiger partial charge in [0.25, 0.3) is 5.91 Å². The van der Waals surface area contributed by atoms with Crippen LogP contribution < -0.4 is 5.32 Å². The lowest BCUT2D eigenvalue weighted by molar-refractivity contribution is -0.129. The smallest absolute Gasteiger partial charge is 0.270 e. The molecule has 2 rings (SSSR count). The van der Waals surface area contributed by atoms with Crippen molar-refractivity contribution in [2.24, 2.45) is 0 Å². The molecule has 1 N–H and O–H groups in total. The third-order valence-corrected chi connectivity index (χ3v) is 3.33. The minimum Gasteiger partial charge on any atom is -0.346 e. The highest BCUT2D eigenvalue weighted by molar-refractivity contribution is 5.92. The first-order chi connectivity index (χ1) is 9.10. The number of hydrogen-bond acceptors (Lipinski definition) is 3. The second-order valence-corrected chi connectivity index (χ2v) is 4.87. The molecule has 0 aliphatic carbocycles. The summed E-state index contributed by atoms with van der Waals surface area (Å²) in [5.74, 6) is -0.0232. The van der Waals surface area contributed by atoms with Crippen molar-refractivity contribution in [1.82, 2.24) is 15.2 Å². The largest absolute Gasteiger partial charge is 0.346 e. The van der Waals surface area contributed by atoms with Gasteiger partial charge in [-0.25, -0.2) is 0 Å². The van der Waals surface area contributed by atoms with Crippen molar-refractivity contribution in [3.8, 4) is 0 Å². The van der Waals surface area contributed by atoms with Gasteiger partial charge in [-0.05, 0) is 31.0 Å². The lowest BCUT2D eigenvalue weighted by atomic mass is 10.2. The van der Waals surface area contributed by atoms with Crippen molar-refractivity contribution >= 4 is 11.8 Å². The first-order valence-electron chi connectivity index (χ1n) is 6.61. The van der Waals surface area contributed by atoms with Gasteiger partial charge < -0.3 is 10.2 Å². The molecule has 1 fully saturated rings. The molecule has 2 amide bonds. The average Bonchev–Trinajstić information content (AvgIpc) is 2.86. The van der Waals surface area contributed by atoms with E-state index in [4.69, 9.17) is 0 Å². The van der Waals surface area contributed by atoms with Gasteiger partial charge in [-0.2, -0.15) is 0 Å². The Balaban J connectivity index is 1.92. The Morgan fingerprint density at radius 2 is 2.32 bits per heavy atom. The highest BCUT2D eigenvalue weighted by Gasteiger charge is 2.26. The summed E-state index contributed by atoms with van der Waals surface area (Å²) in [6.45, 7) is 5.10. The fourth-order valence-electron chi connectivity index (χ4n) is 2.25. The normalized spacial score (nSPS) is 18.4. The quantitative estimate of drug-likeness (QED) is 0.887. The number of hydrogen-bond donors (Lipinski definition) is 1. The fraction of sp³-hybridized carbons (Fsp3) is 0.500. The predicted octanol–water partition coefficient (Wildman–Crippen LogP) is 1.13. The van der Waals surface area contributed by atoms with Gasteiger partial charge in [0.15, 0.2) is 0 Å². The zero-order valence-corrected chi connectivity index (χ0v) is 11.3. The van der Waals surface area contributed by atoms with Gasteiger partial charge in [-0.1, -0.05) is 6.92 Å². The van der Waals surface area contributed by atoms with E-state index >= 15 is 0 Å². The van der Waals surface area contributed by atoms with Crippen molar-refractivity contribution in [2.45, 2.75) is 32.7 Å². The standard InChI is InChI=1S/C14H19N3O2/c1-3-13(18)17-7-5-11(9-17)16-14(19)12-8-10(2)4-6-15-12/h4,6,8,11H,3,5,7,9H2,1-2H3,(H,16,19). The molecule has 0 bridgehead atoms. The van der Waals surface area contributed by atoms with Crippen molar-refractivity contribution in [3.05, 3.63) is 29.6 Å². The van der Waals surface area contributed by atoms with Gasteiger partial charge in [0.05, 0.1) is 0 Å². The van der Waals surface area contributed by atoms with E-state index in [-0.39, 0.29) is 17.9 Å². The molecule has 19 heavy (non-hydrogen) atoms. The minimum absolute atomic E-state index is 0.0327. The summed E-state index contributed by atoms with van der Waals surface area (Å²) in [4.78, 5) is 29.4.